The van der Waals surface area contributed by atoms with Crippen LogP contribution in [0.2, 0.25) is 0 Å². The number of aromatic nitrogens is 3. The second-order valence-electron chi connectivity index (χ2n) is 5.54. The highest BCUT2D eigenvalue weighted by Gasteiger charge is 2.24. The van der Waals surface area contributed by atoms with Crippen LogP contribution in [0.3, 0.4) is 0 Å². The van der Waals surface area contributed by atoms with E-state index in [-0.39, 0.29) is 11.7 Å². The minimum absolute atomic E-state index is 0.201. The molecule has 3 rings (SSSR count). The van der Waals surface area contributed by atoms with Crippen molar-refractivity contribution in [2.45, 2.75) is 50.2 Å². The number of esters is 1. The zero-order chi connectivity index (χ0) is 16.1. The number of ether oxygens (including phenoxy) is 1. The minimum atomic E-state index is -0.201. The maximum Gasteiger partial charge on any atom is 0.316 e. The summed E-state index contributed by atoms with van der Waals surface area (Å²) in [5, 5.41) is 11.6. The molecule has 5 nitrogen and oxygen atoms in total. The van der Waals surface area contributed by atoms with Crippen LogP contribution in [-0.4, -0.2) is 33.1 Å². The summed E-state index contributed by atoms with van der Waals surface area (Å²) in [6.45, 7) is 2.23. The number of hydrogen-bond donors (Lipinski definition) is 0. The van der Waals surface area contributed by atoms with Gasteiger partial charge in [0.1, 0.15) is 0 Å². The fourth-order valence-corrected chi connectivity index (χ4v) is 4.45. The number of carbonyl (C=O) groups is 1. The predicted molar refractivity (Wildman–Crippen MR) is 92.8 cm³/mol. The molecule has 0 aliphatic heterocycles. The molecule has 0 N–H and O–H groups in total. The lowest BCUT2D eigenvalue weighted by Gasteiger charge is -2.25. The molecule has 23 heavy (non-hydrogen) atoms. The molecule has 0 saturated heterocycles. The summed E-state index contributed by atoms with van der Waals surface area (Å²) in [5.41, 5.74) is 0. The summed E-state index contributed by atoms with van der Waals surface area (Å²) in [7, 11) is 0. The molecule has 2 aromatic heterocycles. The first-order valence-electron chi connectivity index (χ1n) is 8.06. The van der Waals surface area contributed by atoms with Gasteiger partial charge in [-0.15, -0.1) is 21.5 Å². The molecule has 0 atom stereocenters. The molecule has 0 spiro atoms. The Kier molecular flexibility index (Phi) is 5.72. The van der Waals surface area contributed by atoms with Crippen LogP contribution in [0.5, 0.6) is 0 Å². The van der Waals surface area contributed by atoms with E-state index in [0.29, 0.717) is 12.6 Å². The highest BCUT2D eigenvalue weighted by atomic mass is 32.2. The quantitative estimate of drug-likeness (QED) is 0.577. The van der Waals surface area contributed by atoms with Crippen LogP contribution in [0.1, 0.15) is 45.1 Å². The Balaban J connectivity index is 1.85. The highest BCUT2D eigenvalue weighted by Crippen LogP contribution is 2.36. The van der Waals surface area contributed by atoms with Gasteiger partial charge in [0.15, 0.2) is 11.0 Å². The third-order valence-electron chi connectivity index (χ3n) is 3.97. The van der Waals surface area contributed by atoms with E-state index in [0.717, 1.165) is 28.7 Å². The standard InChI is InChI=1S/C16H21N3O2S2/c1-2-21-14(20)11-23-16-18-17-15(13-9-6-10-22-13)19(16)12-7-4-3-5-8-12/h6,9-10,12H,2-5,7-8,11H2,1H3. The first kappa shape index (κ1) is 16.5. The molecular weight excluding hydrogens is 330 g/mol. The van der Waals surface area contributed by atoms with Crippen LogP contribution >= 0.6 is 23.1 Å². The number of carbonyl (C=O) groups excluding carboxylic acids is 1. The summed E-state index contributed by atoms with van der Waals surface area (Å²) in [6.07, 6.45) is 6.11. The molecule has 0 aromatic carbocycles. The molecule has 0 unspecified atom stereocenters. The molecule has 1 saturated carbocycles. The lowest BCUT2D eigenvalue weighted by atomic mass is 9.95. The lowest BCUT2D eigenvalue weighted by Crippen LogP contribution is -2.15. The Morgan fingerprint density at radius 1 is 1.39 bits per heavy atom. The second kappa shape index (κ2) is 7.97. The van der Waals surface area contributed by atoms with E-state index in [4.69, 9.17) is 4.74 Å². The molecule has 7 heteroatoms. The molecule has 124 valence electrons. The minimum Gasteiger partial charge on any atom is -0.465 e. The van der Waals surface area contributed by atoms with Crippen molar-refractivity contribution in [3.63, 3.8) is 0 Å². The van der Waals surface area contributed by atoms with Crippen LogP contribution in [-0.2, 0) is 9.53 Å². The van der Waals surface area contributed by atoms with Gasteiger partial charge in [-0.05, 0) is 31.2 Å². The van der Waals surface area contributed by atoms with E-state index in [2.05, 4.69) is 26.2 Å². The number of nitrogens with zero attached hydrogens (tertiary/aromatic N) is 3. The van der Waals surface area contributed by atoms with Gasteiger partial charge < -0.3 is 4.74 Å². The molecular formula is C16H21N3O2S2. The lowest BCUT2D eigenvalue weighted by molar-refractivity contribution is -0.139. The SMILES string of the molecule is CCOC(=O)CSc1nnc(-c2cccs2)n1C1CCCCC1. The number of rotatable bonds is 6. The van der Waals surface area contributed by atoms with Gasteiger partial charge in [0.2, 0.25) is 0 Å². The summed E-state index contributed by atoms with van der Waals surface area (Å²) >= 11 is 3.10. The van der Waals surface area contributed by atoms with E-state index in [1.165, 1.54) is 31.0 Å². The van der Waals surface area contributed by atoms with E-state index >= 15 is 0 Å². The van der Waals surface area contributed by atoms with Crippen molar-refractivity contribution in [1.82, 2.24) is 14.8 Å². The summed E-state index contributed by atoms with van der Waals surface area (Å²) in [6, 6.07) is 4.54. The average molecular weight is 351 g/mol. The Bertz CT molecular complexity index is 634. The topological polar surface area (TPSA) is 57.0 Å². The van der Waals surface area contributed by atoms with Crippen LogP contribution in [0.4, 0.5) is 0 Å². The molecule has 2 heterocycles. The summed E-state index contributed by atoms with van der Waals surface area (Å²) < 4.78 is 7.26. The van der Waals surface area contributed by atoms with Gasteiger partial charge in [0, 0.05) is 6.04 Å². The summed E-state index contributed by atoms with van der Waals surface area (Å²) in [5.74, 6) is 1.01. The van der Waals surface area contributed by atoms with Crippen LogP contribution in [0.15, 0.2) is 22.7 Å². The fraction of sp³-hybridized carbons (Fsp3) is 0.562. The number of thiophene rings is 1. The van der Waals surface area contributed by atoms with Gasteiger partial charge in [-0.2, -0.15) is 0 Å². The van der Waals surface area contributed by atoms with Crippen molar-refractivity contribution in [2.24, 2.45) is 0 Å². The zero-order valence-electron chi connectivity index (χ0n) is 13.2. The maximum atomic E-state index is 11.6. The first-order valence-corrected chi connectivity index (χ1v) is 9.93. The normalized spacial score (nSPS) is 15.7. The monoisotopic (exact) mass is 351 g/mol. The van der Waals surface area contributed by atoms with E-state index in [1.54, 1.807) is 11.3 Å². The Labute approximate surface area is 144 Å². The number of hydrogen-bond acceptors (Lipinski definition) is 6. The molecule has 1 fully saturated rings. The molecule has 1 aliphatic rings. The van der Waals surface area contributed by atoms with Crippen LogP contribution < -0.4 is 0 Å². The zero-order valence-corrected chi connectivity index (χ0v) is 14.9. The van der Waals surface area contributed by atoms with Crippen molar-refractivity contribution in [3.05, 3.63) is 17.5 Å². The van der Waals surface area contributed by atoms with Crippen molar-refractivity contribution in [2.75, 3.05) is 12.4 Å². The van der Waals surface area contributed by atoms with Crippen molar-refractivity contribution in [3.8, 4) is 10.7 Å². The fourth-order valence-electron chi connectivity index (χ4n) is 2.94. The number of thioether (sulfide) groups is 1. The maximum absolute atomic E-state index is 11.6. The van der Waals surface area contributed by atoms with E-state index in [1.807, 2.05) is 13.0 Å². The van der Waals surface area contributed by atoms with E-state index < -0.39 is 0 Å². The third-order valence-corrected chi connectivity index (χ3v) is 5.75. The van der Waals surface area contributed by atoms with Crippen molar-refractivity contribution >= 4 is 29.1 Å². The Hall–Kier alpha value is -1.34. The molecule has 2 aromatic rings. The van der Waals surface area contributed by atoms with Gasteiger partial charge in [-0.1, -0.05) is 37.1 Å². The third kappa shape index (κ3) is 3.95. The Morgan fingerprint density at radius 2 is 2.22 bits per heavy atom. The predicted octanol–water partition coefficient (Wildman–Crippen LogP) is 4.17. The van der Waals surface area contributed by atoms with Crippen molar-refractivity contribution < 1.29 is 9.53 Å². The van der Waals surface area contributed by atoms with Gasteiger partial charge in [0.05, 0.1) is 17.2 Å². The van der Waals surface area contributed by atoms with Gasteiger partial charge in [0.25, 0.3) is 0 Å². The first-order chi connectivity index (χ1) is 11.3. The molecule has 1 aliphatic carbocycles. The largest absolute Gasteiger partial charge is 0.465 e. The van der Waals surface area contributed by atoms with Gasteiger partial charge in [-0.3, -0.25) is 9.36 Å². The van der Waals surface area contributed by atoms with Crippen molar-refractivity contribution in [1.29, 1.82) is 0 Å². The highest BCUT2D eigenvalue weighted by molar-refractivity contribution is 7.99. The summed E-state index contributed by atoms with van der Waals surface area (Å²) in [4.78, 5) is 12.8. The van der Waals surface area contributed by atoms with Crippen LogP contribution in [0.25, 0.3) is 10.7 Å². The molecule has 0 radical (unpaired) electrons. The smallest absolute Gasteiger partial charge is 0.316 e. The molecule has 0 bridgehead atoms. The van der Waals surface area contributed by atoms with Gasteiger partial charge >= 0.3 is 5.97 Å². The van der Waals surface area contributed by atoms with Crippen LogP contribution in [0, 0.1) is 0 Å². The molecule has 0 amide bonds. The van der Waals surface area contributed by atoms with E-state index in [9.17, 15) is 4.79 Å². The average Bonchev–Trinajstić information content (AvgIpc) is 3.23. The second-order valence-corrected chi connectivity index (χ2v) is 7.43. The Morgan fingerprint density at radius 3 is 2.91 bits per heavy atom. The van der Waals surface area contributed by atoms with Gasteiger partial charge in [-0.25, -0.2) is 0 Å².